The molecular formula is C20H27N5O3S. The van der Waals surface area contributed by atoms with Gasteiger partial charge in [0.15, 0.2) is 11.6 Å². The molecule has 0 aromatic carbocycles. The Morgan fingerprint density at radius 2 is 1.93 bits per heavy atom. The first kappa shape index (κ1) is 21.2. The van der Waals surface area contributed by atoms with Gasteiger partial charge in [-0.1, -0.05) is 13.8 Å². The van der Waals surface area contributed by atoms with Crippen molar-refractivity contribution in [1.29, 1.82) is 0 Å². The van der Waals surface area contributed by atoms with Crippen LogP contribution in [0.25, 0.3) is 0 Å². The number of nitrogens with one attached hydrogen (secondary N) is 1. The molecule has 8 nitrogen and oxygen atoms in total. The van der Waals surface area contributed by atoms with Crippen molar-refractivity contribution >= 4 is 28.9 Å². The van der Waals surface area contributed by atoms with Gasteiger partial charge in [-0.15, -0.1) is 21.5 Å². The van der Waals surface area contributed by atoms with E-state index in [9.17, 15) is 14.4 Å². The summed E-state index contributed by atoms with van der Waals surface area (Å²) in [4.78, 5) is 38.5. The molecular weight excluding hydrogens is 390 g/mol. The Kier molecular flexibility index (Phi) is 6.46. The fourth-order valence-corrected chi connectivity index (χ4v) is 4.35. The number of carbonyl (C=O) groups is 3. The highest BCUT2D eigenvalue weighted by Gasteiger charge is 2.27. The van der Waals surface area contributed by atoms with Crippen molar-refractivity contribution in [2.75, 3.05) is 13.1 Å². The van der Waals surface area contributed by atoms with Gasteiger partial charge in [-0.3, -0.25) is 14.4 Å². The summed E-state index contributed by atoms with van der Waals surface area (Å²) in [5.41, 5.74) is 0.550. The smallest absolute Gasteiger partial charge is 0.254 e. The second kappa shape index (κ2) is 8.86. The summed E-state index contributed by atoms with van der Waals surface area (Å²) in [6.45, 7) is 8.84. The molecule has 3 heterocycles. The summed E-state index contributed by atoms with van der Waals surface area (Å²) in [5, 5.41) is 13.4. The summed E-state index contributed by atoms with van der Waals surface area (Å²) in [7, 11) is 0. The Balaban J connectivity index is 1.77. The van der Waals surface area contributed by atoms with E-state index >= 15 is 0 Å². The van der Waals surface area contributed by atoms with Crippen molar-refractivity contribution in [3.63, 3.8) is 0 Å². The minimum absolute atomic E-state index is 0.0325. The highest BCUT2D eigenvalue weighted by Crippen LogP contribution is 2.23. The fourth-order valence-electron chi connectivity index (χ4n) is 3.57. The van der Waals surface area contributed by atoms with E-state index in [2.05, 4.69) is 29.4 Å². The monoisotopic (exact) mass is 417 g/mol. The number of Topliss-reactive ketones (excluding diaryl/α,β-unsaturated/α-hetero) is 1. The molecule has 3 rings (SSSR count). The van der Waals surface area contributed by atoms with E-state index in [1.54, 1.807) is 16.3 Å². The van der Waals surface area contributed by atoms with Crippen LogP contribution >= 0.6 is 11.3 Å². The Hall–Kier alpha value is -2.55. The number of carbonyl (C=O) groups excluding carboxylic acids is 3. The highest BCUT2D eigenvalue weighted by atomic mass is 32.1. The molecule has 2 aromatic rings. The van der Waals surface area contributed by atoms with Gasteiger partial charge in [0.25, 0.3) is 5.91 Å². The molecule has 156 valence electrons. The Morgan fingerprint density at radius 1 is 1.17 bits per heavy atom. The van der Waals surface area contributed by atoms with Crippen LogP contribution < -0.4 is 5.32 Å². The molecule has 1 N–H and O–H groups in total. The summed E-state index contributed by atoms with van der Waals surface area (Å²) < 4.78 is 2.03. The maximum absolute atomic E-state index is 12.9. The van der Waals surface area contributed by atoms with Crippen LogP contribution in [0.4, 0.5) is 0 Å². The average Bonchev–Trinajstić information content (AvgIpc) is 3.23. The zero-order valence-electron chi connectivity index (χ0n) is 17.3. The van der Waals surface area contributed by atoms with Gasteiger partial charge in [0, 0.05) is 38.4 Å². The molecule has 1 aliphatic rings. The minimum Gasteiger partial charge on any atom is -0.346 e. The molecule has 0 unspecified atom stereocenters. The van der Waals surface area contributed by atoms with Gasteiger partial charge in [0.2, 0.25) is 5.91 Å². The van der Waals surface area contributed by atoms with Crippen LogP contribution in [-0.2, 0) is 17.8 Å². The van der Waals surface area contributed by atoms with E-state index < -0.39 is 0 Å². The van der Waals surface area contributed by atoms with Gasteiger partial charge in [0.1, 0.15) is 5.82 Å². The molecule has 0 aliphatic carbocycles. The van der Waals surface area contributed by atoms with Crippen LogP contribution in [0.5, 0.6) is 0 Å². The third-order valence-corrected chi connectivity index (χ3v) is 5.96. The zero-order chi connectivity index (χ0) is 21.1. The molecule has 2 aromatic heterocycles. The van der Waals surface area contributed by atoms with E-state index in [1.807, 2.05) is 4.57 Å². The number of hydrogen-bond donors (Lipinski definition) is 1. The van der Waals surface area contributed by atoms with Gasteiger partial charge in [-0.25, -0.2) is 0 Å². The van der Waals surface area contributed by atoms with Crippen LogP contribution in [0.2, 0.25) is 0 Å². The molecule has 29 heavy (non-hydrogen) atoms. The number of nitrogens with zero attached hydrogens (tertiary/aromatic N) is 4. The predicted octanol–water partition coefficient (Wildman–Crippen LogP) is 2.46. The predicted molar refractivity (Wildman–Crippen MR) is 110 cm³/mol. The Bertz CT molecular complexity index is 917. The number of amides is 2. The standard InChI is InChI=1S/C20H27N5O3S/c1-12(2)9-16(21-14(4)27)19-23-22-18-5-6-24(7-8-25(18)19)20(28)15-10-17(13(3)26)29-11-15/h10-12,16H,5-9H2,1-4H3,(H,21,27)/t16-/m0/s1. The molecule has 0 radical (unpaired) electrons. The van der Waals surface area contributed by atoms with Crippen LogP contribution in [0, 0.1) is 5.92 Å². The third-order valence-electron chi connectivity index (χ3n) is 4.93. The second-order valence-corrected chi connectivity index (χ2v) is 8.72. The summed E-state index contributed by atoms with van der Waals surface area (Å²) >= 11 is 1.30. The quantitative estimate of drug-likeness (QED) is 0.728. The van der Waals surface area contributed by atoms with E-state index in [4.69, 9.17) is 0 Å². The fraction of sp³-hybridized carbons (Fsp3) is 0.550. The molecule has 0 fully saturated rings. The summed E-state index contributed by atoms with van der Waals surface area (Å²) in [6.07, 6.45) is 1.36. The molecule has 0 spiro atoms. The van der Waals surface area contributed by atoms with Crippen molar-refractivity contribution in [1.82, 2.24) is 25.0 Å². The number of aromatic nitrogens is 3. The number of fused-ring (bicyclic) bond motifs is 1. The van der Waals surface area contributed by atoms with Gasteiger partial charge in [-0.05, 0) is 25.3 Å². The molecule has 1 aliphatic heterocycles. The largest absolute Gasteiger partial charge is 0.346 e. The van der Waals surface area contributed by atoms with Crippen LogP contribution in [0.15, 0.2) is 11.4 Å². The topological polar surface area (TPSA) is 97.2 Å². The lowest BCUT2D eigenvalue weighted by Gasteiger charge is -2.22. The molecule has 0 bridgehead atoms. The molecule has 1 atom stereocenters. The first-order valence-corrected chi connectivity index (χ1v) is 10.7. The van der Waals surface area contributed by atoms with Crippen molar-refractivity contribution in [2.45, 2.75) is 53.1 Å². The molecule has 9 heteroatoms. The average molecular weight is 418 g/mol. The van der Waals surface area contributed by atoms with Crippen LogP contribution in [0.3, 0.4) is 0 Å². The van der Waals surface area contributed by atoms with E-state index in [0.29, 0.717) is 42.4 Å². The van der Waals surface area contributed by atoms with E-state index in [0.717, 1.165) is 18.1 Å². The lowest BCUT2D eigenvalue weighted by atomic mass is 10.0. The maximum Gasteiger partial charge on any atom is 0.254 e. The third kappa shape index (κ3) is 4.90. The number of hydrogen-bond acceptors (Lipinski definition) is 6. The van der Waals surface area contributed by atoms with Crippen molar-refractivity contribution < 1.29 is 14.4 Å². The SMILES string of the molecule is CC(=O)N[C@@H](CC(C)C)c1nnc2n1CCN(C(=O)c1csc(C(C)=O)c1)CC2. The van der Waals surface area contributed by atoms with Crippen LogP contribution in [-0.4, -0.2) is 50.4 Å². The lowest BCUT2D eigenvalue weighted by molar-refractivity contribution is -0.119. The molecule has 0 saturated carbocycles. The lowest BCUT2D eigenvalue weighted by Crippen LogP contribution is -2.34. The first-order chi connectivity index (χ1) is 13.8. The molecule has 2 amide bonds. The van der Waals surface area contributed by atoms with Gasteiger partial charge in [-0.2, -0.15) is 0 Å². The van der Waals surface area contributed by atoms with Gasteiger partial charge >= 0.3 is 0 Å². The van der Waals surface area contributed by atoms with Crippen molar-refractivity contribution in [3.05, 3.63) is 33.5 Å². The number of rotatable bonds is 6. The van der Waals surface area contributed by atoms with Crippen molar-refractivity contribution in [2.24, 2.45) is 5.92 Å². The maximum atomic E-state index is 12.9. The first-order valence-electron chi connectivity index (χ1n) is 9.84. The number of ketones is 1. The second-order valence-electron chi connectivity index (χ2n) is 7.81. The molecule has 0 saturated heterocycles. The zero-order valence-corrected chi connectivity index (χ0v) is 18.1. The highest BCUT2D eigenvalue weighted by molar-refractivity contribution is 7.12. The Labute approximate surface area is 174 Å². The minimum atomic E-state index is -0.203. The number of thiophene rings is 1. The van der Waals surface area contributed by atoms with Gasteiger partial charge in [0.05, 0.1) is 16.5 Å². The summed E-state index contributed by atoms with van der Waals surface area (Å²) in [5.74, 6) is 1.75. The van der Waals surface area contributed by atoms with Gasteiger partial charge < -0.3 is 14.8 Å². The Morgan fingerprint density at radius 3 is 2.55 bits per heavy atom. The van der Waals surface area contributed by atoms with Crippen molar-refractivity contribution in [3.8, 4) is 0 Å². The van der Waals surface area contributed by atoms with E-state index in [1.165, 1.54) is 25.2 Å². The van der Waals surface area contributed by atoms with Crippen LogP contribution in [0.1, 0.15) is 71.8 Å². The summed E-state index contributed by atoms with van der Waals surface area (Å²) in [6, 6.07) is 1.47. The van der Waals surface area contributed by atoms with E-state index in [-0.39, 0.29) is 23.6 Å². The normalized spacial score (nSPS) is 15.0.